The molecule has 0 spiro atoms. The Morgan fingerprint density at radius 3 is 1.33 bits per heavy atom. The fraction of sp³-hybridized carbons (Fsp3) is 0.250. The van der Waals surface area contributed by atoms with Gasteiger partial charge in [-0.25, -0.2) is 0 Å². The van der Waals surface area contributed by atoms with E-state index in [1.165, 1.54) is 38.9 Å². The van der Waals surface area contributed by atoms with Crippen LogP contribution in [0, 0.1) is 0 Å². The first kappa shape index (κ1) is 35.3. The molecule has 0 bridgehead atoms. The van der Waals surface area contributed by atoms with Crippen molar-refractivity contribution in [3.63, 3.8) is 0 Å². The Labute approximate surface area is 309 Å². The third kappa shape index (κ3) is 6.00. The lowest BCUT2D eigenvalue weighted by Gasteiger charge is -2.34. The molecule has 264 valence electrons. The molecule has 0 saturated heterocycles. The second kappa shape index (κ2) is 14.8. The zero-order valence-electron chi connectivity index (χ0n) is 29.6. The summed E-state index contributed by atoms with van der Waals surface area (Å²) in [5.41, 5.74) is 11.5. The van der Waals surface area contributed by atoms with Gasteiger partial charge < -0.3 is 18.9 Å². The highest BCUT2D eigenvalue weighted by Crippen LogP contribution is 2.54. The van der Waals surface area contributed by atoms with E-state index in [4.69, 9.17) is 18.9 Å². The Balaban J connectivity index is 0.00000420. The number of rotatable bonds is 13. The SMILES string of the molecule is C.COC(C)COC1(c2ccc(OCCCCOc3ccc(C4(C)c5ccccc5-c5ccccc54)cc3)cc2)c2ccccc2-c2ccccc21. The lowest BCUT2D eigenvalue weighted by Crippen LogP contribution is -2.33. The third-order valence-electron chi connectivity index (χ3n) is 10.8. The molecular formula is C48H48O4. The first-order chi connectivity index (χ1) is 25.0. The van der Waals surface area contributed by atoms with Crippen LogP contribution in [0.5, 0.6) is 11.5 Å². The zero-order valence-corrected chi connectivity index (χ0v) is 29.6. The molecule has 0 saturated carbocycles. The number of unbranched alkanes of at least 4 members (excludes halogenated alkanes) is 1. The number of methoxy groups -OCH3 is 1. The van der Waals surface area contributed by atoms with Gasteiger partial charge in [-0.05, 0) is 95.5 Å². The monoisotopic (exact) mass is 688 g/mol. The van der Waals surface area contributed by atoms with Crippen LogP contribution in [0.25, 0.3) is 22.3 Å². The fourth-order valence-electron chi connectivity index (χ4n) is 8.07. The van der Waals surface area contributed by atoms with Gasteiger partial charge in [0.15, 0.2) is 0 Å². The van der Waals surface area contributed by atoms with E-state index in [0.29, 0.717) is 19.8 Å². The summed E-state index contributed by atoms with van der Waals surface area (Å²) in [6.07, 6.45) is 1.76. The molecule has 6 aromatic carbocycles. The molecule has 2 aliphatic rings. The van der Waals surface area contributed by atoms with E-state index in [-0.39, 0.29) is 18.9 Å². The topological polar surface area (TPSA) is 36.9 Å². The summed E-state index contributed by atoms with van der Waals surface area (Å²) in [5.74, 6) is 1.74. The van der Waals surface area contributed by atoms with Gasteiger partial charge in [0.25, 0.3) is 0 Å². The summed E-state index contributed by atoms with van der Waals surface area (Å²) in [7, 11) is 1.72. The number of ether oxygens (including phenoxy) is 4. The second-order valence-corrected chi connectivity index (χ2v) is 13.8. The van der Waals surface area contributed by atoms with E-state index in [1.54, 1.807) is 7.11 Å². The van der Waals surface area contributed by atoms with Gasteiger partial charge >= 0.3 is 0 Å². The minimum atomic E-state index is -0.724. The van der Waals surface area contributed by atoms with Crippen LogP contribution < -0.4 is 9.47 Å². The zero-order chi connectivity index (χ0) is 34.8. The largest absolute Gasteiger partial charge is 0.494 e. The highest BCUT2D eigenvalue weighted by molar-refractivity contribution is 5.84. The maximum absolute atomic E-state index is 6.87. The van der Waals surface area contributed by atoms with Gasteiger partial charge in [-0.3, -0.25) is 0 Å². The predicted molar refractivity (Wildman–Crippen MR) is 211 cm³/mol. The van der Waals surface area contributed by atoms with Gasteiger partial charge in [-0.2, -0.15) is 0 Å². The van der Waals surface area contributed by atoms with E-state index in [0.717, 1.165) is 41.0 Å². The summed E-state index contributed by atoms with van der Waals surface area (Å²) in [4.78, 5) is 0. The Bertz CT molecular complexity index is 2040. The molecular weight excluding hydrogens is 641 g/mol. The third-order valence-corrected chi connectivity index (χ3v) is 10.8. The van der Waals surface area contributed by atoms with Crippen molar-refractivity contribution in [3.05, 3.63) is 179 Å². The minimum absolute atomic E-state index is 0. The Morgan fingerprint density at radius 1 is 0.500 bits per heavy atom. The first-order valence-electron chi connectivity index (χ1n) is 18.1. The van der Waals surface area contributed by atoms with Gasteiger partial charge in [0.2, 0.25) is 0 Å². The smallest absolute Gasteiger partial charge is 0.145 e. The highest BCUT2D eigenvalue weighted by atomic mass is 16.5. The van der Waals surface area contributed by atoms with Crippen molar-refractivity contribution in [1.82, 2.24) is 0 Å². The molecule has 0 heterocycles. The van der Waals surface area contributed by atoms with E-state index >= 15 is 0 Å². The van der Waals surface area contributed by atoms with Crippen LogP contribution in [0.15, 0.2) is 146 Å². The van der Waals surface area contributed by atoms with Crippen molar-refractivity contribution in [1.29, 1.82) is 0 Å². The van der Waals surface area contributed by atoms with Crippen molar-refractivity contribution in [3.8, 4) is 33.8 Å². The molecule has 52 heavy (non-hydrogen) atoms. The van der Waals surface area contributed by atoms with Gasteiger partial charge in [0.05, 0.1) is 25.9 Å². The van der Waals surface area contributed by atoms with Gasteiger partial charge in [-0.15, -0.1) is 0 Å². The highest BCUT2D eigenvalue weighted by Gasteiger charge is 2.46. The molecule has 0 aromatic heterocycles. The standard InChI is InChI=1S/C47H44O4.CH4/c1-33(48-3)32-51-47(44-20-10-6-16-40(44)41-17-7-11-21-45(41)47)35-24-28-37(29-25-35)50-31-13-12-30-49-36-26-22-34(23-27-36)46(2)42-18-8-4-14-38(42)39-15-5-9-19-43(39)46;/h4-11,14-29,33H,12-13,30-32H2,1-3H3;1H4. The Hall–Kier alpha value is -5.16. The average Bonchev–Trinajstić information content (AvgIpc) is 3.63. The number of fused-ring (bicyclic) bond motifs is 6. The summed E-state index contributed by atoms with van der Waals surface area (Å²) in [6, 6.07) is 51.7. The minimum Gasteiger partial charge on any atom is -0.494 e. The number of hydrogen-bond donors (Lipinski definition) is 0. The van der Waals surface area contributed by atoms with Crippen molar-refractivity contribution in [2.24, 2.45) is 0 Å². The van der Waals surface area contributed by atoms with E-state index < -0.39 is 5.60 Å². The average molecular weight is 689 g/mol. The van der Waals surface area contributed by atoms with E-state index in [9.17, 15) is 0 Å². The first-order valence-corrected chi connectivity index (χ1v) is 18.1. The fourth-order valence-corrected chi connectivity index (χ4v) is 8.07. The molecule has 0 amide bonds. The summed E-state index contributed by atoms with van der Waals surface area (Å²) < 4.78 is 24.8. The van der Waals surface area contributed by atoms with E-state index in [2.05, 4.69) is 153 Å². The molecule has 2 aliphatic carbocycles. The molecule has 1 atom stereocenters. The maximum atomic E-state index is 6.87. The molecule has 0 N–H and O–H groups in total. The Morgan fingerprint density at radius 2 is 0.885 bits per heavy atom. The van der Waals surface area contributed by atoms with Crippen LogP contribution in [0.2, 0.25) is 0 Å². The normalized spacial score (nSPS) is 14.7. The molecule has 4 heteroatoms. The number of benzene rings is 6. The van der Waals surface area contributed by atoms with Crippen LogP contribution in [0.1, 0.15) is 67.5 Å². The van der Waals surface area contributed by atoms with E-state index in [1.807, 2.05) is 6.92 Å². The molecule has 8 rings (SSSR count). The number of hydrogen-bond acceptors (Lipinski definition) is 4. The van der Waals surface area contributed by atoms with Crippen LogP contribution in [0.4, 0.5) is 0 Å². The van der Waals surface area contributed by atoms with Crippen LogP contribution in [0.3, 0.4) is 0 Å². The van der Waals surface area contributed by atoms with Crippen molar-refractivity contribution in [2.75, 3.05) is 26.9 Å². The molecule has 0 aliphatic heterocycles. The molecule has 0 radical (unpaired) electrons. The molecule has 0 fully saturated rings. The molecule has 6 aromatic rings. The van der Waals surface area contributed by atoms with Crippen LogP contribution in [-0.4, -0.2) is 33.0 Å². The lowest BCUT2D eigenvalue weighted by molar-refractivity contribution is -0.0434. The Kier molecular flexibility index (Phi) is 10.1. The van der Waals surface area contributed by atoms with Gasteiger partial charge in [-0.1, -0.05) is 129 Å². The molecule has 4 nitrogen and oxygen atoms in total. The van der Waals surface area contributed by atoms with Crippen molar-refractivity contribution in [2.45, 2.75) is 51.2 Å². The van der Waals surface area contributed by atoms with Crippen LogP contribution >= 0.6 is 0 Å². The summed E-state index contributed by atoms with van der Waals surface area (Å²) in [5, 5.41) is 0. The summed E-state index contributed by atoms with van der Waals surface area (Å²) in [6.45, 7) is 6.10. The summed E-state index contributed by atoms with van der Waals surface area (Å²) >= 11 is 0. The van der Waals surface area contributed by atoms with Crippen LogP contribution in [-0.2, 0) is 20.5 Å². The van der Waals surface area contributed by atoms with Crippen molar-refractivity contribution < 1.29 is 18.9 Å². The van der Waals surface area contributed by atoms with Gasteiger partial charge in [0.1, 0.15) is 17.1 Å². The lowest BCUT2D eigenvalue weighted by atomic mass is 9.74. The molecule has 1 unspecified atom stereocenters. The predicted octanol–water partition coefficient (Wildman–Crippen LogP) is 11.2. The van der Waals surface area contributed by atoms with Gasteiger partial charge in [0, 0.05) is 23.7 Å². The van der Waals surface area contributed by atoms with Crippen molar-refractivity contribution >= 4 is 0 Å². The maximum Gasteiger partial charge on any atom is 0.145 e. The quantitative estimate of drug-likeness (QED) is 0.113. The second-order valence-electron chi connectivity index (χ2n) is 13.8.